The molecule has 1 aromatic heterocycles. The average Bonchev–Trinajstić information content (AvgIpc) is 3.01. The van der Waals surface area contributed by atoms with Gasteiger partial charge in [-0.1, -0.05) is 41.1 Å². The van der Waals surface area contributed by atoms with Gasteiger partial charge >= 0.3 is 5.97 Å². The monoisotopic (exact) mass is 463 g/mol. The number of hydrogen-bond acceptors (Lipinski definition) is 5. The third kappa shape index (κ3) is 5.03. The summed E-state index contributed by atoms with van der Waals surface area (Å²) in [4.78, 5) is 17.2. The van der Waals surface area contributed by atoms with Crippen LogP contribution in [-0.2, 0) is 4.74 Å². The second-order valence-corrected chi connectivity index (χ2v) is 7.92. The Morgan fingerprint density at radius 2 is 1.96 bits per heavy atom. The van der Waals surface area contributed by atoms with Crippen molar-refractivity contribution in [3.63, 3.8) is 0 Å². The zero-order valence-electron chi connectivity index (χ0n) is 14.5. The first-order chi connectivity index (χ1) is 13.0. The predicted octanol–water partition coefficient (Wildman–Crippen LogP) is 6.69. The lowest BCUT2D eigenvalue weighted by atomic mass is 10.2. The fraction of sp³-hybridized carbons (Fsp3) is 0.100. The van der Waals surface area contributed by atoms with Gasteiger partial charge in [0.25, 0.3) is 0 Å². The van der Waals surface area contributed by atoms with E-state index in [1.54, 1.807) is 24.4 Å². The van der Waals surface area contributed by atoms with E-state index in [0.29, 0.717) is 16.5 Å². The summed E-state index contributed by atoms with van der Waals surface area (Å²) < 4.78 is 11.4. The van der Waals surface area contributed by atoms with Crippen LogP contribution >= 0.6 is 39.3 Å². The molecule has 3 rings (SSSR count). The Morgan fingerprint density at radius 1 is 1.22 bits per heavy atom. The molecule has 0 atom stereocenters. The fourth-order valence-electron chi connectivity index (χ4n) is 2.21. The first kappa shape index (κ1) is 19.7. The van der Waals surface area contributed by atoms with Crippen LogP contribution in [-0.4, -0.2) is 19.3 Å². The van der Waals surface area contributed by atoms with Crippen LogP contribution in [0.4, 0.5) is 5.69 Å². The second kappa shape index (κ2) is 8.78. The van der Waals surface area contributed by atoms with Gasteiger partial charge < -0.3 is 9.15 Å². The van der Waals surface area contributed by atoms with Crippen molar-refractivity contribution >= 4 is 57.2 Å². The van der Waals surface area contributed by atoms with E-state index in [1.807, 2.05) is 25.1 Å². The molecule has 27 heavy (non-hydrogen) atoms. The maximum absolute atomic E-state index is 11.7. The first-order valence-electron chi connectivity index (χ1n) is 7.92. The van der Waals surface area contributed by atoms with Gasteiger partial charge in [0.2, 0.25) is 0 Å². The van der Waals surface area contributed by atoms with E-state index < -0.39 is 5.97 Å². The number of carbonyl (C=O) groups excluding carboxylic acids is 1. The number of ether oxygens (including phenoxy) is 1. The smallest absolute Gasteiger partial charge is 0.339 e. The molecule has 0 saturated heterocycles. The van der Waals surface area contributed by atoms with E-state index >= 15 is 0 Å². The Hall–Kier alpha value is -2.02. The predicted molar refractivity (Wildman–Crippen MR) is 112 cm³/mol. The molecule has 0 saturated carbocycles. The van der Waals surface area contributed by atoms with Gasteiger partial charge in [-0.05, 0) is 53.2 Å². The molecule has 3 aromatic rings. The topological polar surface area (TPSA) is 51.8 Å². The van der Waals surface area contributed by atoms with E-state index in [-0.39, 0.29) is 5.56 Å². The Kier molecular flexibility index (Phi) is 6.42. The number of esters is 1. The van der Waals surface area contributed by atoms with Crippen molar-refractivity contribution in [2.45, 2.75) is 16.9 Å². The summed E-state index contributed by atoms with van der Waals surface area (Å²) in [7, 11) is 1.31. The fourth-order valence-corrected chi connectivity index (χ4v) is 3.74. The summed E-state index contributed by atoms with van der Waals surface area (Å²) in [5.74, 6) is 0.0839. The third-order valence-electron chi connectivity index (χ3n) is 3.60. The highest BCUT2D eigenvalue weighted by molar-refractivity contribution is 9.10. The number of nitrogens with zero attached hydrogens (tertiary/aromatic N) is 1. The molecule has 0 aliphatic heterocycles. The minimum Gasteiger partial charge on any atom is -0.465 e. The highest BCUT2D eigenvalue weighted by atomic mass is 79.9. The molecule has 1 heterocycles. The second-order valence-electron chi connectivity index (χ2n) is 5.61. The molecule has 0 spiro atoms. The van der Waals surface area contributed by atoms with Crippen molar-refractivity contribution in [1.82, 2.24) is 0 Å². The number of aliphatic imine (C=N–C) groups is 1. The van der Waals surface area contributed by atoms with Crippen molar-refractivity contribution in [2.75, 3.05) is 7.11 Å². The largest absolute Gasteiger partial charge is 0.465 e. The average molecular weight is 465 g/mol. The van der Waals surface area contributed by atoms with Gasteiger partial charge in [-0.2, -0.15) is 0 Å². The summed E-state index contributed by atoms with van der Waals surface area (Å²) in [6, 6.07) is 14.9. The third-order valence-corrected chi connectivity index (χ3v) is 5.78. The number of carbonyl (C=O) groups is 1. The van der Waals surface area contributed by atoms with Gasteiger partial charge in [-0.15, -0.1) is 0 Å². The molecule has 0 radical (unpaired) electrons. The van der Waals surface area contributed by atoms with E-state index in [0.717, 1.165) is 14.5 Å². The Bertz CT molecular complexity index is 999. The maximum atomic E-state index is 11.7. The molecule has 0 bridgehead atoms. The van der Waals surface area contributed by atoms with Crippen LogP contribution in [0.5, 0.6) is 0 Å². The molecular weight excluding hydrogens is 450 g/mol. The zero-order chi connectivity index (χ0) is 19.4. The first-order valence-corrected chi connectivity index (χ1v) is 9.91. The van der Waals surface area contributed by atoms with Gasteiger partial charge in [0.1, 0.15) is 5.76 Å². The van der Waals surface area contributed by atoms with Crippen molar-refractivity contribution in [2.24, 2.45) is 4.99 Å². The Labute approximate surface area is 174 Å². The summed E-state index contributed by atoms with van der Waals surface area (Å²) in [6.07, 6.45) is 1.59. The number of rotatable bonds is 5. The zero-order valence-corrected chi connectivity index (χ0v) is 17.7. The van der Waals surface area contributed by atoms with Crippen LogP contribution in [0, 0.1) is 6.92 Å². The van der Waals surface area contributed by atoms with E-state index in [1.165, 1.54) is 24.4 Å². The van der Waals surface area contributed by atoms with E-state index in [4.69, 9.17) is 20.8 Å². The Balaban J connectivity index is 1.78. The molecule has 138 valence electrons. The number of aryl methyl sites for hydroxylation is 1. The van der Waals surface area contributed by atoms with Crippen LogP contribution in [0.25, 0.3) is 0 Å². The van der Waals surface area contributed by atoms with Gasteiger partial charge in [0, 0.05) is 11.0 Å². The molecule has 0 N–H and O–H groups in total. The number of methoxy groups -OCH3 is 1. The van der Waals surface area contributed by atoms with Crippen LogP contribution < -0.4 is 0 Å². The minimum atomic E-state index is -0.505. The molecule has 0 aliphatic carbocycles. The van der Waals surface area contributed by atoms with Crippen molar-refractivity contribution in [1.29, 1.82) is 0 Å². The molecule has 7 heteroatoms. The molecular formula is C20H15BrClNO3S. The summed E-state index contributed by atoms with van der Waals surface area (Å²) in [5, 5.41) is 1.06. The van der Waals surface area contributed by atoms with Crippen LogP contribution in [0.15, 0.2) is 72.4 Å². The van der Waals surface area contributed by atoms with Crippen LogP contribution in [0.1, 0.15) is 21.7 Å². The quantitative estimate of drug-likeness (QED) is 0.312. The van der Waals surface area contributed by atoms with Crippen LogP contribution in [0.3, 0.4) is 0 Å². The van der Waals surface area contributed by atoms with Gasteiger partial charge in [-0.25, -0.2) is 4.79 Å². The molecule has 0 unspecified atom stereocenters. The van der Waals surface area contributed by atoms with Crippen molar-refractivity contribution in [3.05, 3.63) is 74.9 Å². The summed E-state index contributed by atoms with van der Waals surface area (Å²) >= 11 is 11.1. The lowest BCUT2D eigenvalue weighted by molar-refractivity contribution is 0.0601. The van der Waals surface area contributed by atoms with Crippen LogP contribution in [0.2, 0.25) is 5.02 Å². The lowest BCUT2D eigenvalue weighted by Gasteiger charge is -2.02. The SMILES string of the molecule is COC(=O)c1cc(N=Cc2cc(Br)c(Sc3ccc(C)cc3)o2)ccc1Cl. The maximum Gasteiger partial charge on any atom is 0.339 e. The molecule has 0 amide bonds. The van der Waals surface area contributed by atoms with E-state index in [2.05, 4.69) is 33.1 Å². The molecule has 2 aromatic carbocycles. The highest BCUT2D eigenvalue weighted by Crippen LogP contribution is 2.35. The standard InChI is InChI=1S/C20H15BrClNO3S/c1-12-3-6-15(7-4-12)27-20-17(21)10-14(26-20)11-23-13-5-8-18(22)16(9-13)19(24)25-2/h3-11H,1-2H3. The molecule has 0 aliphatic rings. The Morgan fingerprint density at radius 3 is 2.67 bits per heavy atom. The summed E-state index contributed by atoms with van der Waals surface area (Å²) in [5.41, 5.74) is 2.05. The number of furan rings is 1. The number of halogens is 2. The van der Waals surface area contributed by atoms with Gasteiger partial charge in [0.05, 0.1) is 34.1 Å². The number of benzene rings is 2. The van der Waals surface area contributed by atoms with Gasteiger partial charge in [-0.3, -0.25) is 4.99 Å². The highest BCUT2D eigenvalue weighted by Gasteiger charge is 2.12. The summed E-state index contributed by atoms with van der Waals surface area (Å²) in [6.45, 7) is 2.05. The number of hydrogen-bond donors (Lipinski definition) is 0. The van der Waals surface area contributed by atoms with E-state index in [9.17, 15) is 4.79 Å². The van der Waals surface area contributed by atoms with Crippen molar-refractivity contribution in [3.8, 4) is 0 Å². The lowest BCUT2D eigenvalue weighted by Crippen LogP contribution is -2.01. The molecule has 4 nitrogen and oxygen atoms in total. The van der Waals surface area contributed by atoms with Crippen molar-refractivity contribution < 1.29 is 13.9 Å². The normalized spacial score (nSPS) is 11.1. The van der Waals surface area contributed by atoms with Gasteiger partial charge in [0.15, 0.2) is 5.09 Å². The minimum absolute atomic E-state index is 0.269. The molecule has 0 fully saturated rings.